The first-order chi connectivity index (χ1) is 33.4. The first-order valence-corrected chi connectivity index (χ1v) is 27.7. The van der Waals surface area contributed by atoms with Crippen LogP contribution >= 0.6 is 30.1 Å². The molecule has 3 aliphatic carbocycles. The molecule has 69 heavy (non-hydrogen) atoms. The molecule has 0 aliphatic heterocycles. The number of fused-ring (bicyclic) bond motifs is 5. The molecule has 9 nitrogen and oxygen atoms in total. The van der Waals surface area contributed by atoms with Gasteiger partial charge in [0.25, 0.3) is 8.53 Å². The Balaban J connectivity index is 0.00000432. The van der Waals surface area contributed by atoms with Crippen molar-refractivity contribution in [2.75, 3.05) is 78.3 Å². The van der Waals surface area contributed by atoms with Crippen LogP contribution in [0.25, 0.3) is 4.85 Å². The van der Waals surface area contributed by atoms with Crippen LogP contribution in [-0.4, -0.2) is 137 Å². The van der Waals surface area contributed by atoms with Gasteiger partial charge in [-0.3, -0.25) is 0 Å². The van der Waals surface area contributed by atoms with E-state index < -0.39 is 45.7 Å². The van der Waals surface area contributed by atoms with Crippen LogP contribution in [0.15, 0.2) is 18.2 Å². The van der Waals surface area contributed by atoms with Crippen molar-refractivity contribution in [3.63, 3.8) is 0 Å². The molecule has 0 amide bonds. The first kappa shape index (κ1) is 58.6. The Bertz CT molecular complexity index is 1680. The molecular weight excluding hydrogens is 981 g/mol. The quantitative estimate of drug-likeness (QED) is 0.0276. The number of alkyl halides is 9. The summed E-state index contributed by atoms with van der Waals surface area (Å²) < 4.78 is 163. The van der Waals surface area contributed by atoms with Gasteiger partial charge in [0.2, 0.25) is 7.98 Å². The molecule has 1 aromatic rings. The van der Waals surface area contributed by atoms with E-state index in [0.29, 0.717) is 57.4 Å². The van der Waals surface area contributed by atoms with Gasteiger partial charge >= 0.3 is 24.1 Å². The summed E-state index contributed by atoms with van der Waals surface area (Å²) in [7, 11) is 5.83. The molecule has 400 valence electrons. The number of aryl methyl sites for hydroxylation is 1. The van der Waals surface area contributed by atoms with Gasteiger partial charge in [0.15, 0.2) is 0 Å². The second-order valence-corrected chi connectivity index (χ2v) is 23.1. The highest BCUT2D eigenvalue weighted by molar-refractivity contribution is 8.76. The second-order valence-electron chi connectivity index (χ2n) is 19.0. The normalized spacial score (nSPS) is 23.2. The van der Waals surface area contributed by atoms with Crippen molar-refractivity contribution in [1.29, 1.82) is 1.43 Å². The minimum absolute atomic E-state index is 0.147. The maximum atomic E-state index is 13.2. The predicted molar refractivity (Wildman–Crippen MR) is 258 cm³/mol. The van der Waals surface area contributed by atoms with Crippen LogP contribution in [0.5, 0.6) is 5.75 Å². The summed E-state index contributed by atoms with van der Waals surface area (Å²) in [6.45, 7) is 20.0. The molecule has 1 N–H and O–H groups in total. The molecule has 0 saturated heterocycles. The highest BCUT2D eigenvalue weighted by atomic mass is 33.1. The molecule has 4 rings (SSSR count). The van der Waals surface area contributed by atoms with E-state index in [1.165, 1.54) is 18.2 Å². The molecule has 0 spiro atoms. The van der Waals surface area contributed by atoms with E-state index in [9.17, 15) is 39.5 Å². The number of unbranched alkanes of at least 4 members (excludes halogenated alkanes) is 1. The summed E-state index contributed by atoms with van der Waals surface area (Å²) in [6, 6.07) is 6.86. The Morgan fingerprint density at radius 3 is 2.20 bits per heavy atom. The van der Waals surface area contributed by atoms with Crippen LogP contribution in [0.3, 0.4) is 0 Å². The number of benzene rings is 1. The van der Waals surface area contributed by atoms with Gasteiger partial charge in [-0.1, -0.05) is 47.9 Å². The zero-order chi connectivity index (χ0) is 53.0. The highest BCUT2D eigenvalue weighted by Gasteiger charge is 2.85. The molecule has 0 bridgehead atoms. The molecule has 2 unspecified atom stereocenters. The molecule has 21 heteroatoms. The molecule has 3 aliphatic rings. The third-order valence-corrected chi connectivity index (χ3v) is 18.0. The molecular formula is C48H77F9N3O6PS2. The van der Waals surface area contributed by atoms with Crippen LogP contribution < -0.4 is 4.74 Å². The number of halogens is 9. The highest BCUT2D eigenvalue weighted by Crippen LogP contribution is 2.62. The van der Waals surface area contributed by atoms with Gasteiger partial charge in [-0.05, 0) is 164 Å². The van der Waals surface area contributed by atoms with Gasteiger partial charge < -0.3 is 38.1 Å². The second kappa shape index (κ2) is 29.0. The minimum Gasteiger partial charge on any atom is -0.493 e. The van der Waals surface area contributed by atoms with Gasteiger partial charge in [0, 0.05) is 38.7 Å². The Morgan fingerprint density at radius 2 is 1.57 bits per heavy atom. The van der Waals surface area contributed by atoms with Crippen molar-refractivity contribution in [1.82, 2.24) is 9.57 Å². The van der Waals surface area contributed by atoms with Crippen LogP contribution in [0.2, 0.25) is 0 Å². The van der Waals surface area contributed by atoms with Crippen LogP contribution in [0, 0.1) is 29.7 Å². The predicted octanol–water partition coefficient (Wildman–Crippen LogP) is 13.6. The maximum absolute atomic E-state index is 13.2. The van der Waals surface area contributed by atoms with E-state index in [1.54, 1.807) is 0 Å². The summed E-state index contributed by atoms with van der Waals surface area (Å²) in [4.78, 5) is 5.78. The average molecular weight is 1060 g/mol. The van der Waals surface area contributed by atoms with E-state index >= 15 is 0 Å². The molecule has 0 aromatic heterocycles. The average Bonchev–Trinajstić information content (AvgIpc) is 3.62. The van der Waals surface area contributed by atoms with Crippen molar-refractivity contribution in [2.45, 2.75) is 160 Å². The lowest BCUT2D eigenvalue weighted by Crippen LogP contribution is -2.67. The Hall–Kier alpha value is -1.27. The molecule has 0 radical (unpaired) electrons. The summed E-state index contributed by atoms with van der Waals surface area (Å²) in [5.41, 5.74) is -3.92. The van der Waals surface area contributed by atoms with Gasteiger partial charge in [-0.15, -0.1) is 0 Å². The molecule has 1 aromatic carbocycles. The van der Waals surface area contributed by atoms with Gasteiger partial charge in [-0.2, -0.15) is 39.5 Å². The summed E-state index contributed by atoms with van der Waals surface area (Å²) in [5.74, 6) is 3.94. The van der Waals surface area contributed by atoms with Gasteiger partial charge in [0.1, 0.15) is 12.4 Å². The topological polar surface area (TPSA) is 77.2 Å². The number of hydrogen-bond donors (Lipinski definition) is 1. The van der Waals surface area contributed by atoms with E-state index in [0.717, 1.165) is 88.1 Å². The zero-order valence-electron chi connectivity index (χ0n) is 43.3. The fraction of sp³-hybridized carbons (Fsp3) is 0.854. The van der Waals surface area contributed by atoms with Crippen molar-refractivity contribution in [3.8, 4) is 5.75 Å². The smallest absolute Gasteiger partial charge is 0.435 e. The fourth-order valence-electron chi connectivity index (χ4n) is 10.3. The van der Waals surface area contributed by atoms with Crippen molar-refractivity contribution < 1.29 is 69.3 Å². The van der Waals surface area contributed by atoms with Crippen LogP contribution in [0.4, 0.5) is 39.5 Å². The molecule has 0 heterocycles. The van der Waals surface area contributed by atoms with E-state index in [4.69, 9.17) is 27.9 Å². The monoisotopic (exact) mass is 1060 g/mol. The molecule has 2 saturated carbocycles. The zero-order valence-corrected chi connectivity index (χ0v) is 43.8. The van der Waals surface area contributed by atoms with Gasteiger partial charge in [-0.25, -0.2) is 11.2 Å². The van der Waals surface area contributed by atoms with Crippen molar-refractivity contribution in [2.24, 2.45) is 23.2 Å². The first-order valence-electron chi connectivity index (χ1n) is 25.2. The Kier molecular flexibility index (Phi) is 24.6. The lowest BCUT2D eigenvalue weighted by molar-refractivity contribution is -0.457. The fourth-order valence-corrected chi connectivity index (χ4v) is 13.9. The van der Waals surface area contributed by atoms with Crippen LogP contribution in [-0.2, 0) is 24.9 Å². The lowest BCUT2D eigenvalue weighted by atomic mass is 9.55. The molecule has 7 atom stereocenters. The van der Waals surface area contributed by atoms with E-state index in [1.807, 2.05) is 27.7 Å². The summed E-state index contributed by atoms with van der Waals surface area (Å²) in [5, 5.41) is 3.50. The number of hydrogen-bond acceptors (Lipinski definition) is 10. The molecule has 2 fully saturated rings. The number of rotatable bonds is 29. The van der Waals surface area contributed by atoms with Gasteiger partial charge in [0.05, 0.1) is 25.9 Å². The maximum Gasteiger partial charge on any atom is 0.435 e. The van der Waals surface area contributed by atoms with E-state index in [2.05, 4.69) is 78.1 Å². The van der Waals surface area contributed by atoms with Crippen molar-refractivity contribution in [3.05, 3.63) is 40.7 Å². The Morgan fingerprint density at radius 1 is 0.899 bits per heavy atom. The van der Waals surface area contributed by atoms with Crippen LogP contribution in [0.1, 0.15) is 124 Å². The van der Waals surface area contributed by atoms with E-state index in [-0.39, 0.29) is 36.1 Å². The summed E-state index contributed by atoms with van der Waals surface area (Å²) >= 11 is 0. The largest absolute Gasteiger partial charge is 0.493 e. The minimum atomic E-state index is -6.75. The van der Waals surface area contributed by atoms with Crippen molar-refractivity contribution >= 4 is 30.1 Å². The number of aliphatic hydroxyl groups is 1. The Labute approximate surface area is 417 Å². The number of ether oxygens (including phenoxy) is 3. The third-order valence-electron chi connectivity index (χ3n) is 13.5. The third kappa shape index (κ3) is 17.1. The number of aliphatic hydroxyl groups excluding tert-OH is 1. The lowest BCUT2D eigenvalue weighted by Gasteiger charge is -2.50. The number of nitrogens with zero attached hydrogens (tertiary/aromatic N) is 3. The SMILES string of the molecule is [2H]CC(CCCCN(C)CCCSSCCOc1ccc2c(c1)CC[C@@H]1[C@@H]2CC[C@]2(C)[C@@H](OCCCOC(C(F)(F)F)(C(F)(F)F)C(F)(F)F)CC[C@@H]12)COP(OCC[N+]#[C-])N(C(C)C)C(C)C.[3H]OC. The standard InChI is InChI=1S/C47H73F9N3O5PS2.CH4O/c1-33(2)59(34(3)4)65(63-27-22-57-7)64-32-35(5)13-9-10-23-58(8)24-11-29-66-67-30-28-60-37-15-17-38-36(31-37)14-16-40-39(38)20-21-43(6)41(40)18-19-42(43)61-25-12-26-62-44(45(48,49)50,46(51,52)53)47(54,55)56;1-2/h15,17,31,33-35,39-42H,9-14,16,18-30,32H2,1-6,8H3;2H,1H3/t35?,39-,40-,41+,42+,43+,65?;/m1./s1/i5D;2T. The summed E-state index contributed by atoms with van der Waals surface area (Å²) in [6.07, 6.45) is -11.9.